The van der Waals surface area contributed by atoms with E-state index in [0.29, 0.717) is 23.3 Å². The highest BCUT2D eigenvalue weighted by atomic mass is 19.1. The van der Waals surface area contributed by atoms with Crippen molar-refractivity contribution in [3.63, 3.8) is 0 Å². The lowest BCUT2D eigenvalue weighted by atomic mass is 9.74. The molecular formula is C33H45FO3. The minimum Gasteiger partial charge on any atom is -0.462 e. The smallest absolute Gasteiger partial charge is 0.333 e. The van der Waals surface area contributed by atoms with Gasteiger partial charge >= 0.3 is 5.97 Å². The molecule has 37 heavy (non-hydrogen) atoms. The van der Waals surface area contributed by atoms with E-state index in [0.717, 1.165) is 44.4 Å². The number of alkyl halides is 1. The van der Waals surface area contributed by atoms with Crippen molar-refractivity contribution >= 4 is 16.7 Å². The summed E-state index contributed by atoms with van der Waals surface area (Å²) in [7, 11) is 0. The maximum Gasteiger partial charge on any atom is 0.333 e. The summed E-state index contributed by atoms with van der Waals surface area (Å²) in [6, 6.07) is 14.1. The van der Waals surface area contributed by atoms with Crippen LogP contribution in [0.4, 0.5) is 4.39 Å². The molecular weight excluding hydrogens is 463 g/mol. The summed E-state index contributed by atoms with van der Waals surface area (Å²) in [6.07, 6.45) is 12.4. The van der Waals surface area contributed by atoms with Crippen LogP contribution in [0.25, 0.3) is 10.8 Å². The summed E-state index contributed by atoms with van der Waals surface area (Å²) >= 11 is 0. The molecule has 0 amide bonds. The van der Waals surface area contributed by atoms with Crippen LogP contribution in [0.1, 0.15) is 101 Å². The number of aliphatic hydroxyl groups is 1. The molecule has 4 heteroatoms. The molecule has 2 aromatic rings. The Balaban J connectivity index is 1.31. The number of esters is 1. The number of halogens is 1. The lowest BCUT2D eigenvalue weighted by molar-refractivity contribution is -0.141. The van der Waals surface area contributed by atoms with Crippen LogP contribution in [0.3, 0.4) is 0 Å². The predicted octanol–water partition coefficient (Wildman–Crippen LogP) is 8.26. The number of unbranched alkanes of at least 4 members (excludes halogenated alkanes) is 1. The van der Waals surface area contributed by atoms with Crippen LogP contribution in [0.15, 0.2) is 48.6 Å². The molecule has 2 aliphatic carbocycles. The largest absolute Gasteiger partial charge is 0.462 e. The van der Waals surface area contributed by atoms with E-state index >= 15 is 0 Å². The van der Waals surface area contributed by atoms with Gasteiger partial charge in [0.1, 0.15) is 0 Å². The lowest BCUT2D eigenvalue weighted by Crippen LogP contribution is -2.28. The number of hydrogen-bond donors (Lipinski definition) is 1. The average Bonchev–Trinajstić information content (AvgIpc) is 2.93. The molecule has 1 atom stereocenters. The van der Waals surface area contributed by atoms with Gasteiger partial charge in [-0.3, -0.25) is 4.39 Å². The molecule has 2 saturated carbocycles. The van der Waals surface area contributed by atoms with Gasteiger partial charge in [-0.15, -0.1) is 0 Å². The van der Waals surface area contributed by atoms with Crippen molar-refractivity contribution < 1.29 is 19.0 Å². The van der Waals surface area contributed by atoms with Crippen LogP contribution in [0.2, 0.25) is 0 Å². The fourth-order valence-electron chi connectivity index (χ4n) is 6.67. The quantitative estimate of drug-likeness (QED) is 0.189. The van der Waals surface area contributed by atoms with Gasteiger partial charge in [-0.05, 0) is 110 Å². The molecule has 4 rings (SSSR count). The van der Waals surface area contributed by atoms with Crippen LogP contribution in [0, 0.1) is 17.8 Å². The molecule has 1 N–H and O–H groups in total. The van der Waals surface area contributed by atoms with E-state index < -0.39 is 0 Å². The number of fused-ring (bicyclic) bond motifs is 1. The third-order valence-corrected chi connectivity index (χ3v) is 9.12. The standard InChI is InChI=1S/C33H45FO3/c1-23(2)33(36)37-22-32(21-35)27-12-10-26(11-13-27)29-15-17-30-19-28(14-16-31(30)20-29)25-8-6-24(7-9-25)5-3-4-18-34/h14-17,19-20,24-27,32,35H,1,3-13,18,21-22H2,2H3. The van der Waals surface area contributed by atoms with Crippen molar-refractivity contribution in [3.05, 3.63) is 59.7 Å². The second kappa shape index (κ2) is 13.6. The van der Waals surface area contributed by atoms with Crippen LogP contribution in [0.5, 0.6) is 0 Å². The maximum absolute atomic E-state index is 12.4. The summed E-state index contributed by atoms with van der Waals surface area (Å²) < 4.78 is 17.7. The van der Waals surface area contributed by atoms with Crippen molar-refractivity contribution in [2.75, 3.05) is 19.9 Å². The zero-order valence-corrected chi connectivity index (χ0v) is 22.6. The Morgan fingerprint density at radius 3 is 2.03 bits per heavy atom. The summed E-state index contributed by atoms with van der Waals surface area (Å²) in [6.45, 7) is 5.44. The minimum atomic E-state index is -0.371. The summed E-state index contributed by atoms with van der Waals surface area (Å²) in [5.74, 6) is 2.02. The predicted molar refractivity (Wildman–Crippen MR) is 150 cm³/mol. The zero-order chi connectivity index (χ0) is 26.2. The SMILES string of the molecule is C=C(C)C(=O)OCC(CO)C1CCC(c2ccc3cc(C4CCC(CCCCF)CC4)ccc3c2)CC1. The number of carbonyl (C=O) groups excluding carboxylic acids is 1. The Bertz CT molecular complexity index is 1030. The van der Waals surface area contributed by atoms with E-state index in [1.165, 1.54) is 54.0 Å². The number of aliphatic hydroxyl groups excluding tert-OH is 1. The highest BCUT2D eigenvalue weighted by Gasteiger charge is 2.29. The highest BCUT2D eigenvalue weighted by molar-refractivity contribution is 5.87. The average molecular weight is 509 g/mol. The Labute approximate surface area is 222 Å². The number of rotatable bonds is 11. The molecule has 0 saturated heterocycles. The summed E-state index contributed by atoms with van der Waals surface area (Å²) in [5.41, 5.74) is 3.30. The zero-order valence-electron chi connectivity index (χ0n) is 22.6. The number of benzene rings is 2. The highest BCUT2D eigenvalue weighted by Crippen LogP contribution is 2.41. The Hall–Kier alpha value is -2.20. The van der Waals surface area contributed by atoms with Gasteiger partial charge in [-0.25, -0.2) is 4.79 Å². The topological polar surface area (TPSA) is 46.5 Å². The molecule has 0 spiro atoms. The second-order valence-electron chi connectivity index (χ2n) is 11.7. The molecule has 0 radical (unpaired) electrons. The number of hydrogen-bond acceptors (Lipinski definition) is 3. The molecule has 0 aliphatic heterocycles. The fourth-order valence-corrected chi connectivity index (χ4v) is 6.67. The lowest BCUT2D eigenvalue weighted by Gasteiger charge is -2.33. The number of carbonyl (C=O) groups is 1. The van der Waals surface area contributed by atoms with E-state index in [4.69, 9.17) is 4.74 Å². The maximum atomic E-state index is 12.4. The Morgan fingerprint density at radius 2 is 1.51 bits per heavy atom. The first-order chi connectivity index (χ1) is 18.0. The van der Waals surface area contributed by atoms with Crippen molar-refractivity contribution in [3.8, 4) is 0 Å². The number of ether oxygens (including phenoxy) is 1. The molecule has 202 valence electrons. The van der Waals surface area contributed by atoms with Gasteiger partial charge in [-0.2, -0.15) is 0 Å². The van der Waals surface area contributed by atoms with Crippen LogP contribution in [-0.2, 0) is 9.53 Å². The van der Waals surface area contributed by atoms with E-state index in [2.05, 4.69) is 43.0 Å². The first-order valence-electron chi connectivity index (χ1n) is 14.5. The van der Waals surface area contributed by atoms with Gasteiger partial charge in [0.25, 0.3) is 0 Å². The molecule has 0 aromatic heterocycles. The second-order valence-corrected chi connectivity index (χ2v) is 11.7. The van der Waals surface area contributed by atoms with E-state index in [1.807, 2.05) is 0 Å². The normalized spacial score (nSPS) is 25.1. The van der Waals surface area contributed by atoms with Crippen molar-refractivity contribution in [1.29, 1.82) is 0 Å². The van der Waals surface area contributed by atoms with Gasteiger partial charge in [0.2, 0.25) is 0 Å². The monoisotopic (exact) mass is 508 g/mol. The molecule has 3 nitrogen and oxygen atoms in total. The van der Waals surface area contributed by atoms with Gasteiger partial charge < -0.3 is 9.84 Å². The van der Waals surface area contributed by atoms with Gasteiger partial charge in [0.05, 0.1) is 13.3 Å². The first kappa shape index (κ1) is 27.8. The van der Waals surface area contributed by atoms with Gasteiger partial charge in [-0.1, -0.05) is 55.8 Å². The van der Waals surface area contributed by atoms with E-state index in [1.54, 1.807) is 6.92 Å². The molecule has 0 heterocycles. The Morgan fingerprint density at radius 1 is 0.946 bits per heavy atom. The third kappa shape index (κ3) is 7.44. The van der Waals surface area contributed by atoms with E-state index in [-0.39, 0.29) is 31.8 Å². The minimum absolute atomic E-state index is 0.00415. The van der Waals surface area contributed by atoms with Crippen molar-refractivity contribution in [2.24, 2.45) is 17.8 Å². The van der Waals surface area contributed by atoms with E-state index in [9.17, 15) is 14.3 Å². The summed E-state index contributed by atoms with van der Waals surface area (Å²) in [4.78, 5) is 11.7. The Kier molecular flexibility index (Phi) is 10.2. The molecule has 2 aliphatic rings. The fraction of sp³-hybridized carbons (Fsp3) is 0.606. The van der Waals surface area contributed by atoms with Crippen LogP contribution in [-0.4, -0.2) is 31.0 Å². The van der Waals surface area contributed by atoms with Crippen LogP contribution >= 0.6 is 0 Å². The molecule has 2 aromatic carbocycles. The first-order valence-corrected chi connectivity index (χ1v) is 14.5. The molecule has 1 unspecified atom stereocenters. The van der Waals surface area contributed by atoms with Gasteiger partial charge in [0.15, 0.2) is 0 Å². The summed E-state index contributed by atoms with van der Waals surface area (Å²) in [5, 5.41) is 12.5. The van der Waals surface area contributed by atoms with Crippen molar-refractivity contribution in [1.82, 2.24) is 0 Å². The molecule has 0 bridgehead atoms. The molecule has 2 fully saturated rings. The van der Waals surface area contributed by atoms with Crippen LogP contribution < -0.4 is 0 Å². The third-order valence-electron chi connectivity index (χ3n) is 9.12. The van der Waals surface area contributed by atoms with Crippen molar-refractivity contribution in [2.45, 2.75) is 89.4 Å². The van der Waals surface area contributed by atoms with Gasteiger partial charge in [0, 0.05) is 18.1 Å².